The second kappa shape index (κ2) is 7.53. The summed E-state index contributed by atoms with van der Waals surface area (Å²) in [5.74, 6) is 0.219. The van der Waals surface area contributed by atoms with Crippen molar-refractivity contribution in [2.24, 2.45) is 0 Å². The Morgan fingerprint density at radius 1 is 1.04 bits per heavy atom. The quantitative estimate of drug-likeness (QED) is 0.524. The van der Waals surface area contributed by atoms with Crippen molar-refractivity contribution in [3.63, 3.8) is 0 Å². The predicted molar refractivity (Wildman–Crippen MR) is 107 cm³/mol. The van der Waals surface area contributed by atoms with Crippen molar-refractivity contribution in [1.29, 1.82) is 0 Å². The lowest BCUT2D eigenvalue weighted by atomic mass is 10.2. The molecule has 4 rings (SSSR count). The van der Waals surface area contributed by atoms with Gasteiger partial charge in [0.1, 0.15) is 5.75 Å². The van der Waals surface area contributed by atoms with E-state index in [1.54, 1.807) is 43.5 Å². The van der Waals surface area contributed by atoms with Crippen LogP contribution in [0.25, 0.3) is 10.2 Å². The van der Waals surface area contributed by atoms with Crippen molar-refractivity contribution in [2.45, 2.75) is 0 Å². The van der Waals surface area contributed by atoms with E-state index >= 15 is 0 Å². The summed E-state index contributed by atoms with van der Waals surface area (Å²) >= 11 is 1.36. The van der Waals surface area contributed by atoms with Gasteiger partial charge in [-0.25, -0.2) is 4.98 Å². The van der Waals surface area contributed by atoms with Crippen LogP contribution in [0.2, 0.25) is 0 Å². The van der Waals surface area contributed by atoms with E-state index in [0.717, 1.165) is 16.0 Å². The molecule has 4 aromatic rings. The zero-order chi connectivity index (χ0) is 19.5. The second-order valence-corrected chi connectivity index (χ2v) is 6.85. The number of ether oxygens (including phenoxy) is 1. The van der Waals surface area contributed by atoms with E-state index in [1.165, 1.54) is 17.6 Å². The number of nitrogens with zero attached hydrogens (tertiary/aromatic N) is 1. The number of nitrogens with one attached hydrogen (secondary N) is 2. The number of amides is 2. The summed E-state index contributed by atoms with van der Waals surface area (Å²) in [5, 5.41) is 5.97. The van der Waals surface area contributed by atoms with E-state index in [4.69, 9.17) is 9.15 Å². The number of furan rings is 1. The molecule has 2 aromatic carbocycles. The fourth-order valence-electron chi connectivity index (χ4n) is 2.59. The van der Waals surface area contributed by atoms with Crippen LogP contribution in [0.3, 0.4) is 0 Å². The molecule has 0 radical (unpaired) electrons. The molecule has 0 fully saturated rings. The molecule has 0 aliphatic rings. The smallest absolute Gasteiger partial charge is 0.291 e. The highest BCUT2D eigenvalue weighted by Crippen LogP contribution is 2.29. The number of rotatable bonds is 5. The monoisotopic (exact) mass is 393 g/mol. The lowest BCUT2D eigenvalue weighted by Crippen LogP contribution is -2.14. The highest BCUT2D eigenvalue weighted by molar-refractivity contribution is 7.22. The zero-order valence-corrected chi connectivity index (χ0v) is 15.6. The van der Waals surface area contributed by atoms with E-state index in [1.807, 2.05) is 18.2 Å². The van der Waals surface area contributed by atoms with Gasteiger partial charge in [-0.3, -0.25) is 14.9 Å². The number of hydrogen-bond acceptors (Lipinski definition) is 6. The van der Waals surface area contributed by atoms with Gasteiger partial charge in [-0.15, -0.1) is 0 Å². The molecule has 0 spiro atoms. The molecule has 0 saturated carbocycles. The Bertz CT molecular complexity index is 1150. The summed E-state index contributed by atoms with van der Waals surface area (Å²) in [6, 6.07) is 15.4. The maximum atomic E-state index is 12.6. The summed E-state index contributed by atoms with van der Waals surface area (Å²) < 4.78 is 11.2. The first-order valence-electron chi connectivity index (χ1n) is 8.33. The van der Waals surface area contributed by atoms with E-state index in [2.05, 4.69) is 15.6 Å². The average molecular weight is 393 g/mol. The van der Waals surface area contributed by atoms with Gasteiger partial charge in [-0.05, 0) is 48.5 Å². The van der Waals surface area contributed by atoms with E-state index in [9.17, 15) is 9.59 Å². The highest BCUT2D eigenvalue weighted by atomic mass is 32.1. The first-order valence-corrected chi connectivity index (χ1v) is 9.15. The van der Waals surface area contributed by atoms with Gasteiger partial charge in [0.15, 0.2) is 10.9 Å². The second-order valence-electron chi connectivity index (χ2n) is 5.82. The van der Waals surface area contributed by atoms with Crippen molar-refractivity contribution >= 4 is 44.2 Å². The summed E-state index contributed by atoms with van der Waals surface area (Å²) in [6.45, 7) is 0. The molecule has 0 bridgehead atoms. The molecular weight excluding hydrogens is 378 g/mol. The van der Waals surface area contributed by atoms with Crippen LogP contribution in [0.15, 0.2) is 65.3 Å². The van der Waals surface area contributed by atoms with Crippen LogP contribution in [0.4, 0.5) is 10.8 Å². The molecule has 8 heteroatoms. The molecule has 2 N–H and O–H groups in total. The van der Waals surface area contributed by atoms with Gasteiger partial charge in [0.05, 0.1) is 23.6 Å². The topological polar surface area (TPSA) is 93.5 Å². The Balaban J connectivity index is 1.49. The molecule has 140 valence electrons. The van der Waals surface area contributed by atoms with Crippen LogP contribution in [-0.2, 0) is 0 Å². The molecule has 0 atom stereocenters. The Morgan fingerprint density at radius 3 is 2.71 bits per heavy atom. The Kier molecular flexibility index (Phi) is 4.77. The molecule has 0 unspecified atom stereocenters. The lowest BCUT2D eigenvalue weighted by molar-refractivity contribution is 0.0993. The largest absolute Gasteiger partial charge is 0.497 e. The Hall–Kier alpha value is -3.65. The molecular formula is C20H15N3O4S. The standard InChI is InChI=1S/C20H15N3O4S/c1-26-14-7-8-15-17(11-14)28-20(22-15)23-18(24)12-4-2-5-13(10-12)21-19(25)16-6-3-9-27-16/h2-11H,1H3,(H,21,25)(H,22,23,24). The SMILES string of the molecule is COc1ccc2nc(NC(=O)c3cccc(NC(=O)c4ccco4)c3)sc2c1. The first kappa shape index (κ1) is 17.7. The normalized spacial score (nSPS) is 10.6. The first-order chi connectivity index (χ1) is 13.6. The summed E-state index contributed by atoms with van der Waals surface area (Å²) in [4.78, 5) is 29.1. The third-order valence-electron chi connectivity index (χ3n) is 3.94. The van der Waals surface area contributed by atoms with Crippen LogP contribution in [0.1, 0.15) is 20.9 Å². The summed E-state index contributed by atoms with van der Waals surface area (Å²) in [7, 11) is 1.60. The van der Waals surface area contributed by atoms with Gasteiger partial charge in [0.2, 0.25) is 0 Å². The zero-order valence-electron chi connectivity index (χ0n) is 14.8. The lowest BCUT2D eigenvalue weighted by Gasteiger charge is -2.06. The van der Waals surface area contributed by atoms with Crippen LogP contribution in [0.5, 0.6) is 5.75 Å². The summed E-state index contributed by atoms with van der Waals surface area (Å²) in [5.41, 5.74) is 1.66. The van der Waals surface area contributed by atoms with Gasteiger partial charge in [0.25, 0.3) is 11.8 Å². The highest BCUT2D eigenvalue weighted by Gasteiger charge is 2.13. The van der Waals surface area contributed by atoms with E-state index < -0.39 is 0 Å². The maximum absolute atomic E-state index is 12.6. The number of hydrogen-bond donors (Lipinski definition) is 2. The molecule has 2 aromatic heterocycles. The average Bonchev–Trinajstić information content (AvgIpc) is 3.37. The Morgan fingerprint density at radius 2 is 1.93 bits per heavy atom. The van der Waals surface area contributed by atoms with Crippen LogP contribution >= 0.6 is 11.3 Å². The van der Waals surface area contributed by atoms with Crippen molar-refractivity contribution in [1.82, 2.24) is 4.98 Å². The van der Waals surface area contributed by atoms with E-state index in [0.29, 0.717) is 16.4 Å². The molecule has 0 saturated heterocycles. The van der Waals surface area contributed by atoms with E-state index in [-0.39, 0.29) is 17.6 Å². The van der Waals surface area contributed by atoms with Gasteiger partial charge in [-0.1, -0.05) is 17.4 Å². The number of fused-ring (bicyclic) bond motifs is 1. The van der Waals surface area contributed by atoms with Crippen molar-refractivity contribution < 1.29 is 18.7 Å². The number of carbonyl (C=O) groups is 2. The van der Waals surface area contributed by atoms with Crippen LogP contribution in [0, 0.1) is 0 Å². The third-order valence-corrected chi connectivity index (χ3v) is 4.88. The fourth-order valence-corrected chi connectivity index (χ4v) is 3.48. The predicted octanol–water partition coefficient (Wildman–Crippen LogP) is 4.40. The Labute approximate surface area is 164 Å². The van der Waals surface area contributed by atoms with Gasteiger partial charge in [-0.2, -0.15) is 0 Å². The minimum Gasteiger partial charge on any atom is -0.497 e. The minimum absolute atomic E-state index is 0.194. The van der Waals surface area contributed by atoms with Gasteiger partial charge < -0.3 is 14.5 Å². The number of anilines is 2. The van der Waals surface area contributed by atoms with Crippen molar-refractivity contribution in [2.75, 3.05) is 17.7 Å². The summed E-state index contributed by atoms with van der Waals surface area (Å²) in [6.07, 6.45) is 1.42. The molecule has 0 aliphatic carbocycles. The minimum atomic E-state index is -0.386. The molecule has 28 heavy (non-hydrogen) atoms. The van der Waals surface area contributed by atoms with Crippen LogP contribution < -0.4 is 15.4 Å². The van der Waals surface area contributed by atoms with Crippen molar-refractivity contribution in [3.05, 3.63) is 72.2 Å². The fraction of sp³-hybridized carbons (Fsp3) is 0.0500. The van der Waals surface area contributed by atoms with Crippen LogP contribution in [-0.4, -0.2) is 23.9 Å². The van der Waals surface area contributed by atoms with Gasteiger partial charge in [0, 0.05) is 11.3 Å². The third kappa shape index (κ3) is 3.72. The molecule has 7 nitrogen and oxygen atoms in total. The molecule has 0 aliphatic heterocycles. The number of aromatic nitrogens is 1. The van der Waals surface area contributed by atoms with Gasteiger partial charge >= 0.3 is 0 Å². The molecule has 2 heterocycles. The number of carbonyl (C=O) groups excluding carboxylic acids is 2. The van der Waals surface area contributed by atoms with Crippen molar-refractivity contribution in [3.8, 4) is 5.75 Å². The number of benzene rings is 2. The maximum Gasteiger partial charge on any atom is 0.291 e. The molecule has 2 amide bonds. The number of methoxy groups -OCH3 is 1. The number of thiazole rings is 1.